The van der Waals surface area contributed by atoms with Crippen LogP contribution in [0, 0.1) is 0 Å². The molecule has 1 aromatic heterocycles. The fourth-order valence-electron chi connectivity index (χ4n) is 2.59. The lowest BCUT2D eigenvalue weighted by molar-refractivity contribution is -0.119. The highest BCUT2D eigenvalue weighted by Crippen LogP contribution is 2.16. The Hall–Kier alpha value is -3.41. The number of carbonyl (C=O) groups excluding carboxylic acids is 2. The number of nitrogens with one attached hydrogen (secondary N) is 2. The molecule has 0 saturated carbocycles. The van der Waals surface area contributed by atoms with Crippen LogP contribution in [0.4, 0.5) is 11.4 Å². The molecular weight excluding hydrogens is 328 g/mol. The van der Waals surface area contributed by atoms with Gasteiger partial charge in [-0.25, -0.2) is 0 Å². The number of amides is 2. The minimum absolute atomic E-state index is 0.170. The van der Waals surface area contributed by atoms with Gasteiger partial charge in [0.25, 0.3) is 5.91 Å². The highest BCUT2D eigenvalue weighted by molar-refractivity contribution is 6.02. The van der Waals surface area contributed by atoms with Gasteiger partial charge in [-0.1, -0.05) is 43.3 Å². The third-order valence-electron chi connectivity index (χ3n) is 3.92. The van der Waals surface area contributed by atoms with Gasteiger partial charge in [-0.3, -0.25) is 14.3 Å². The van der Waals surface area contributed by atoms with Crippen LogP contribution < -0.4 is 10.6 Å². The van der Waals surface area contributed by atoms with E-state index in [1.165, 1.54) is 4.68 Å². The molecule has 0 aliphatic carbocycles. The van der Waals surface area contributed by atoms with Crippen molar-refractivity contribution in [1.82, 2.24) is 9.78 Å². The lowest BCUT2D eigenvalue weighted by Gasteiger charge is -2.15. The lowest BCUT2D eigenvalue weighted by atomic mass is 10.2. The summed E-state index contributed by atoms with van der Waals surface area (Å²) in [4.78, 5) is 24.9. The molecule has 6 heteroatoms. The van der Waals surface area contributed by atoms with Gasteiger partial charge in [-0.2, -0.15) is 5.10 Å². The quantitative estimate of drug-likeness (QED) is 0.713. The van der Waals surface area contributed by atoms with E-state index in [9.17, 15) is 9.59 Å². The molecule has 2 aromatic carbocycles. The van der Waals surface area contributed by atoms with E-state index in [-0.39, 0.29) is 17.5 Å². The third-order valence-corrected chi connectivity index (χ3v) is 3.92. The molecule has 26 heavy (non-hydrogen) atoms. The standard InChI is InChI=1S/C20H20N4O2/c1-2-18(20(26)22-16-11-7-4-8-12-16)24-14-13-17(23-24)19(25)21-15-9-5-3-6-10-15/h3-14,18H,2H2,1H3,(H,21,25)(H,22,26)/t18-/m0/s1. The number of aromatic nitrogens is 2. The minimum atomic E-state index is -0.492. The summed E-state index contributed by atoms with van der Waals surface area (Å²) < 4.78 is 1.53. The van der Waals surface area contributed by atoms with Crippen molar-refractivity contribution in [3.8, 4) is 0 Å². The molecule has 1 atom stereocenters. The summed E-state index contributed by atoms with van der Waals surface area (Å²) in [6.45, 7) is 1.90. The highest BCUT2D eigenvalue weighted by Gasteiger charge is 2.21. The average molecular weight is 348 g/mol. The van der Waals surface area contributed by atoms with E-state index in [1.807, 2.05) is 55.5 Å². The molecule has 1 heterocycles. The molecule has 132 valence electrons. The maximum Gasteiger partial charge on any atom is 0.276 e. The summed E-state index contributed by atoms with van der Waals surface area (Å²) in [7, 11) is 0. The molecule has 0 bridgehead atoms. The van der Waals surface area contributed by atoms with E-state index in [1.54, 1.807) is 24.4 Å². The first kappa shape index (κ1) is 17.4. The number of para-hydroxylation sites is 2. The van der Waals surface area contributed by atoms with E-state index in [0.29, 0.717) is 12.1 Å². The van der Waals surface area contributed by atoms with Gasteiger partial charge >= 0.3 is 0 Å². The maximum atomic E-state index is 12.5. The first-order valence-corrected chi connectivity index (χ1v) is 8.45. The van der Waals surface area contributed by atoms with Crippen molar-refractivity contribution in [2.24, 2.45) is 0 Å². The number of rotatable bonds is 6. The molecule has 3 rings (SSSR count). The summed E-state index contributed by atoms with van der Waals surface area (Å²) in [5, 5.41) is 9.94. The van der Waals surface area contributed by atoms with Crippen LogP contribution >= 0.6 is 0 Å². The zero-order chi connectivity index (χ0) is 18.4. The zero-order valence-electron chi connectivity index (χ0n) is 14.4. The molecule has 2 N–H and O–H groups in total. The number of hydrogen-bond acceptors (Lipinski definition) is 3. The van der Waals surface area contributed by atoms with Crippen LogP contribution in [0.15, 0.2) is 72.9 Å². The SMILES string of the molecule is CC[C@@H](C(=O)Nc1ccccc1)n1ccc(C(=O)Nc2ccccc2)n1. The Labute approximate surface area is 151 Å². The van der Waals surface area contributed by atoms with Crippen LogP contribution in [-0.2, 0) is 4.79 Å². The van der Waals surface area contributed by atoms with Crippen LogP contribution in [0.25, 0.3) is 0 Å². The van der Waals surface area contributed by atoms with Crippen molar-refractivity contribution in [2.45, 2.75) is 19.4 Å². The highest BCUT2D eigenvalue weighted by atomic mass is 16.2. The lowest BCUT2D eigenvalue weighted by Crippen LogP contribution is -2.26. The van der Waals surface area contributed by atoms with Crippen LogP contribution in [0.5, 0.6) is 0 Å². The first-order chi connectivity index (χ1) is 12.7. The fraction of sp³-hybridized carbons (Fsp3) is 0.150. The summed E-state index contributed by atoms with van der Waals surface area (Å²) in [5.74, 6) is -0.481. The van der Waals surface area contributed by atoms with Crippen molar-refractivity contribution < 1.29 is 9.59 Å². The predicted octanol–water partition coefficient (Wildman–Crippen LogP) is 3.73. The Kier molecular flexibility index (Phi) is 5.43. The third kappa shape index (κ3) is 4.16. The van der Waals surface area contributed by atoms with Crippen LogP contribution in [-0.4, -0.2) is 21.6 Å². The smallest absolute Gasteiger partial charge is 0.276 e. The van der Waals surface area contributed by atoms with Crippen LogP contribution in [0.2, 0.25) is 0 Å². The van der Waals surface area contributed by atoms with Gasteiger partial charge < -0.3 is 10.6 Å². The van der Waals surface area contributed by atoms with Crippen molar-refractivity contribution >= 4 is 23.2 Å². The van der Waals surface area contributed by atoms with E-state index < -0.39 is 6.04 Å². The van der Waals surface area contributed by atoms with E-state index in [0.717, 1.165) is 5.69 Å². The topological polar surface area (TPSA) is 76.0 Å². The number of nitrogens with zero attached hydrogens (tertiary/aromatic N) is 2. The number of anilines is 2. The van der Waals surface area contributed by atoms with Gasteiger partial charge in [0.15, 0.2) is 5.69 Å². The summed E-state index contributed by atoms with van der Waals surface area (Å²) >= 11 is 0. The second-order valence-corrected chi connectivity index (χ2v) is 5.78. The Morgan fingerprint density at radius 1 is 0.923 bits per heavy atom. The minimum Gasteiger partial charge on any atom is -0.324 e. The zero-order valence-corrected chi connectivity index (χ0v) is 14.4. The van der Waals surface area contributed by atoms with Crippen LogP contribution in [0.3, 0.4) is 0 Å². The van der Waals surface area contributed by atoms with Crippen molar-refractivity contribution in [1.29, 1.82) is 0 Å². The molecule has 3 aromatic rings. The molecule has 0 saturated heterocycles. The Bertz CT molecular complexity index is 875. The van der Waals surface area contributed by atoms with Crippen LogP contribution in [0.1, 0.15) is 29.9 Å². The fourth-order valence-corrected chi connectivity index (χ4v) is 2.59. The number of benzene rings is 2. The predicted molar refractivity (Wildman–Crippen MR) is 101 cm³/mol. The molecular formula is C20H20N4O2. The average Bonchev–Trinajstić information content (AvgIpc) is 3.14. The first-order valence-electron chi connectivity index (χ1n) is 8.45. The molecule has 0 radical (unpaired) electrons. The molecule has 0 aliphatic heterocycles. The summed E-state index contributed by atoms with van der Waals surface area (Å²) in [5.41, 5.74) is 1.69. The van der Waals surface area contributed by atoms with E-state index >= 15 is 0 Å². The van der Waals surface area contributed by atoms with Crippen molar-refractivity contribution in [3.63, 3.8) is 0 Å². The maximum absolute atomic E-state index is 12.5. The summed E-state index contributed by atoms with van der Waals surface area (Å²) in [6, 6.07) is 19.5. The van der Waals surface area contributed by atoms with Gasteiger partial charge in [0.1, 0.15) is 6.04 Å². The molecule has 0 spiro atoms. The van der Waals surface area contributed by atoms with Gasteiger partial charge in [-0.05, 0) is 36.8 Å². The van der Waals surface area contributed by atoms with Crippen molar-refractivity contribution in [3.05, 3.63) is 78.6 Å². The van der Waals surface area contributed by atoms with E-state index in [4.69, 9.17) is 0 Å². The molecule has 0 aliphatic rings. The van der Waals surface area contributed by atoms with Gasteiger partial charge in [0.2, 0.25) is 5.91 Å². The Morgan fingerprint density at radius 2 is 1.50 bits per heavy atom. The van der Waals surface area contributed by atoms with Gasteiger partial charge in [0.05, 0.1) is 0 Å². The molecule has 6 nitrogen and oxygen atoms in total. The van der Waals surface area contributed by atoms with E-state index in [2.05, 4.69) is 15.7 Å². The van der Waals surface area contributed by atoms with Crippen molar-refractivity contribution in [2.75, 3.05) is 10.6 Å². The Morgan fingerprint density at radius 3 is 2.08 bits per heavy atom. The van der Waals surface area contributed by atoms with Gasteiger partial charge in [-0.15, -0.1) is 0 Å². The number of hydrogen-bond donors (Lipinski definition) is 2. The molecule has 0 unspecified atom stereocenters. The second-order valence-electron chi connectivity index (χ2n) is 5.78. The Balaban J connectivity index is 1.70. The molecule has 2 amide bonds. The molecule has 0 fully saturated rings. The monoisotopic (exact) mass is 348 g/mol. The van der Waals surface area contributed by atoms with Gasteiger partial charge in [0, 0.05) is 17.6 Å². The largest absolute Gasteiger partial charge is 0.324 e. The number of carbonyl (C=O) groups is 2. The second kappa shape index (κ2) is 8.11. The normalized spacial score (nSPS) is 11.6. The summed E-state index contributed by atoms with van der Waals surface area (Å²) in [6.07, 6.45) is 2.21.